The molecule has 0 bridgehead atoms. The van der Waals surface area contributed by atoms with Gasteiger partial charge in [-0.2, -0.15) is 4.98 Å². The predicted octanol–water partition coefficient (Wildman–Crippen LogP) is 3.42. The molecule has 2 rings (SSSR count). The van der Waals surface area contributed by atoms with Gasteiger partial charge in [-0.1, -0.05) is 6.92 Å². The lowest BCUT2D eigenvalue weighted by atomic mass is 10.2. The van der Waals surface area contributed by atoms with E-state index in [1.54, 1.807) is 0 Å². The first-order valence-electron chi connectivity index (χ1n) is 7.22. The Morgan fingerprint density at radius 1 is 1.10 bits per heavy atom. The monoisotopic (exact) mass is 285 g/mol. The fraction of sp³-hybridized carbons (Fsp3) is 0.375. The molecule has 0 amide bonds. The zero-order chi connectivity index (χ0) is 15.2. The molecule has 0 atom stereocenters. The molecule has 1 aromatic heterocycles. The molecule has 0 spiro atoms. The first-order chi connectivity index (χ1) is 10.1. The zero-order valence-electron chi connectivity index (χ0n) is 13.1. The summed E-state index contributed by atoms with van der Waals surface area (Å²) in [5.41, 5.74) is 3.13. The van der Waals surface area contributed by atoms with Crippen LogP contribution in [-0.2, 0) is 0 Å². The van der Waals surface area contributed by atoms with E-state index in [2.05, 4.69) is 44.6 Å². The lowest BCUT2D eigenvalue weighted by Crippen LogP contribution is -2.08. The van der Waals surface area contributed by atoms with E-state index < -0.39 is 0 Å². The quantitative estimate of drug-likeness (QED) is 0.851. The Balaban J connectivity index is 2.12. The Morgan fingerprint density at radius 2 is 1.81 bits per heavy atom. The maximum atomic E-state index is 4.48. The third-order valence-corrected chi connectivity index (χ3v) is 3.04. The van der Waals surface area contributed by atoms with Gasteiger partial charge in [-0.05, 0) is 37.6 Å². The Morgan fingerprint density at radius 3 is 2.43 bits per heavy atom. The van der Waals surface area contributed by atoms with Crippen LogP contribution in [0.5, 0.6) is 0 Å². The maximum absolute atomic E-state index is 4.48. The number of aromatic nitrogens is 2. The zero-order valence-corrected chi connectivity index (χ0v) is 13.1. The summed E-state index contributed by atoms with van der Waals surface area (Å²) in [6.07, 6.45) is 1.05. The van der Waals surface area contributed by atoms with E-state index >= 15 is 0 Å². The number of aryl methyl sites for hydroxylation is 1. The summed E-state index contributed by atoms with van der Waals surface area (Å²) in [4.78, 5) is 10.9. The van der Waals surface area contributed by atoms with Crippen LogP contribution in [0.2, 0.25) is 0 Å². The highest BCUT2D eigenvalue weighted by atomic mass is 15.1. The van der Waals surface area contributed by atoms with E-state index in [1.807, 2.05) is 39.2 Å². The lowest BCUT2D eigenvalue weighted by molar-refractivity contribution is 0.947. The van der Waals surface area contributed by atoms with Crippen molar-refractivity contribution in [2.24, 2.45) is 0 Å². The third-order valence-electron chi connectivity index (χ3n) is 3.04. The van der Waals surface area contributed by atoms with Gasteiger partial charge in [0.15, 0.2) is 0 Å². The summed E-state index contributed by atoms with van der Waals surface area (Å²) >= 11 is 0. The summed E-state index contributed by atoms with van der Waals surface area (Å²) in [6, 6.07) is 10.2. The number of rotatable bonds is 6. The molecule has 0 radical (unpaired) electrons. The van der Waals surface area contributed by atoms with Crippen LogP contribution in [0.1, 0.15) is 19.0 Å². The summed E-state index contributed by atoms with van der Waals surface area (Å²) in [5, 5.41) is 6.53. The molecule has 0 aliphatic heterocycles. The molecule has 0 saturated carbocycles. The summed E-state index contributed by atoms with van der Waals surface area (Å²) < 4.78 is 0. The summed E-state index contributed by atoms with van der Waals surface area (Å²) in [7, 11) is 4.06. The van der Waals surface area contributed by atoms with E-state index in [-0.39, 0.29) is 0 Å². The van der Waals surface area contributed by atoms with Crippen LogP contribution in [0.25, 0.3) is 0 Å². The second-order valence-electron chi connectivity index (χ2n) is 5.21. The molecule has 5 heteroatoms. The van der Waals surface area contributed by atoms with E-state index in [0.717, 1.165) is 30.2 Å². The molecule has 0 fully saturated rings. The van der Waals surface area contributed by atoms with Gasteiger partial charge in [0.2, 0.25) is 5.95 Å². The first kappa shape index (κ1) is 15.1. The summed E-state index contributed by atoms with van der Waals surface area (Å²) in [5.74, 6) is 1.47. The molecular weight excluding hydrogens is 262 g/mol. The topological polar surface area (TPSA) is 53.1 Å². The van der Waals surface area contributed by atoms with Gasteiger partial charge < -0.3 is 15.5 Å². The van der Waals surface area contributed by atoms with Crippen molar-refractivity contribution in [3.63, 3.8) is 0 Å². The van der Waals surface area contributed by atoms with Crippen LogP contribution in [0.15, 0.2) is 30.3 Å². The predicted molar refractivity (Wildman–Crippen MR) is 89.6 cm³/mol. The smallest absolute Gasteiger partial charge is 0.224 e. The molecule has 0 aliphatic rings. The molecule has 112 valence electrons. The molecule has 2 N–H and O–H groups in total. The van der Waals surface area contributed by atoms with Crippen molar-refractivity contribution in [1.29, 1.82) is 0 Å². The molecule has 2 aromatic rings. The molecule has 5 nitrogen and oxygen atoms in total. The van der Waals surface area contributed by atoms with Crippen molar-refractivity contribution in [1.82, 2.24) is 9.97 Å². The molecule has 1 aromatic carbocycles. The standard InChI is InChI=1S/C16H23N5/c1-5-10-17-16-18-12(2)11-15(20-16)19-13-6-8-14(9-7-13)21(3)4/h6-9,11H,5,10H2,1-4H3,(H2,17,18,19,20). The number of anilines is 4. The van der Waals surface area contributed by atoms with Gasteiger partial charge in [-0.3, -0.25) is 0 Å². The van der Waals surface area contributed by atoms with Gasteiger partial charge in [0.25, 0.3) is 0 Å². The Hall–Kier alpha value is -2.30. The average molecular weight is 285 g/mol. The molecule has 0 aliphatic carbocycles. The van der Waals surface area contributed by atoms with Gasteiger partial charge >= 0.3 is 0 Å². The third kappa shape index (κ3) is 4.34. The van der Waals surface area contributed by atoms with Crippen LogP contribution < -0.4 is 15.5 Å². The highest BCUT2D eigenvalue weighted by Crippen LogP contribution is 2.20. The van der Waals surface area contributed by atoms with Gasteiger partial charge in [-0.15, -0.1) is 0 Å². The number of nitrogens with one attached hydrogen (secondary N) is 2. The SMILES string of the molecule is CCCNc1nc(C)cc(Nc2ccc(N(C)C)cc2)n1. The lowest BCUT2D eigenvalue weighted by Gasteiger charge is -2.13. The van der Waals surface area contributed by atoms with Crippen molar-refractivity contribution in [2.45, 2.75) is 20.3 Å². The van der Waals surface area contributed by atoms with E-state index in [1.165, 1.54) is 5.69 Å². The Kier molecular flexibility index (Phi) is 4.98. The molecular formula is C16H23N5. The minimum absolute atomic E-state index is 0.671. The molecule has 0 saturated heterocycles. The van der Waals surface area contributed by atoms with Crippen molar-refractivity contribution in [2.75, 3.05) is 36.2 Å². The van der Waals surface area contributed by atoms with Crippen LogP contribution >= 0.6 is 0 Å². The largest absolute Gasteiger partial charge is 0.378 e. The number of nitrogens with zero attached hydrogens (tertiary/aromatic N) is 3. The highest BCUT2D eigenvalue weighted by Gasteiger charge is 2.03. The van der Waals surface area contributed by atoms with Crippen LogP contribution in [0.3, 0.4) is 0 Å². The highest BCUT2D eigenvalue weighted by molar-refractivity contribution is 5.61. The van der Waals surface area contributed by atoms with Crippen LogP contribution in [0, 0.1) is 6.92 Å². The minimum Gasteiger partial charge on any atom is -0.378 e. The minimum atomic E-state index is 0.671. The Bertz CT molecular complexity index is 578. The van der Waals surface area contributed by atoms with E-state index in [4.69, 9.17) is 0 Å². The van der Waals surface area contributed by atoms with Crippen molar-refractivity contribution in [3.8, 4) is 0 Å². The second kappa shape index (κ2) is 6.92. The summed E-state index contributed by atoms with van der Waals surface area (Å²) in [6.45, 7) is 4.97. The molecule has 21 heavy (non-hydrogen) atoms. The van der Waals surface area contributed by atoms with Crippen LogP contribution in [0.4, 0.5) is 23.1 Å². The van der Waals surface area contributed by atoms with Gasteiger partial charge in [-0.25, -0.2) is 4.98 Å². The fourth-order valence-corrected chi connectivity index (χ4v) is 1.94. The van der Waals surface area contributed by atoms with Gasteiger partial charge in [0.05, 0.1) is 0 Å². The molecule has 0 unspecified atom stereocenters. The molecule has 1 heterocycles. The first-order valence-corrected chi connectivity index (χ1v) is 7.22. The maximum Gasteiger partial charge on any atom is 0.224 e. The number of hydrogen-bond donors (Lipinski definition) is 2. The average Bonchev–Trinajstić information content (AvgIpc) is 2.45. The van der Waals surface area contributed by atoms with Crippen LogP contribution in [-0.4, -0.2) is 30.6 Å². The van der Waals surface area contributed by atoms with Gasteiger partial charge in [0, 0.05) is 43.8 Å². The Labute approximate surface area is 126 Å². The van der Waals surface area contributed by atoms with Gasteiger partial charge in [0.1, 0.15) is 5.82 Å². The normalized spacial score (nSPS) is 10.3. The van der Waals surface area contributed by atoms with Crippen molar-refractivity contribution < 1.29 is 0 Å². The van der Waals surface area contributed by atoms with E-state index in [9.17, 15) is 0 Å². The van der Waals surface area contributed by atoms with Crippen molar-refractivity contribution in [3.05, 3.63) is 36.0 Å². The number of hydrogen-bond acceptors (Lipinski definition) is 5. The second-order valence-corrected chi connectivity index (χ2v) is 5.21. The van der Waals surface area contributed by atoms with E-state index in [0.29, 0.717) is 5.95 Å². The number of benzene rings is 1. The fourth-order valence-electron chi connectivity index (χ4n) is 1.94. The van der Waals surface area contributed by atoms with Crippen molar-refractivity contribution >= 4 is 23.1 Å².